The third-order valence-electron chi connectivity index (χ3n) is 3.80. The first kappa shape index (κ1) is 19.6. The highest BCUT2D eigenvalue weighted by Crippen LogP contribution is 2.19. The molecule has 0 saturated carbocycles. The smallest absolute Gasteiger partial charge is 0.149 e. The Balaban J connectivity index is 1.94. The van der Waals surface area contributed by atoms with Crippen LogP contribution in [0.3, 0.4) is 0 Å². The molecule has 0 radical (unpaired) electrons. The molecule has 0 amide bonds. The fourth-order valence-corrected chi connectivity index (χ4v) is 2.36. The fourth-order valence-electron chi connectivity index (χ4n) is 2.36. The summed E-state index contributed by atoms with van der Waals surface area (Å²) in [4.78, 5) is 0. The van der Waals surface area contributed by atoms with Crippen molar-refractivity contribution in [1.82, 2.24) is 15.1 Å². The Morgan fingerprint density at radius 3 is 2.64 bits per heavy atom. The normalized spacial score (nSPS) is 14.5. The highest BCUT2D eigenvalue weighted by Gasteiger charge is 2.15. The molecule has 0 fully saturated rings. The van der Waals surface area contributed by atoms with E-state index in [2.05, 4.69) is 10.4 Å². The molecule has 2 rings (SSSR count). The number of aliphatic hydroxyl groups is 1. The van der Waals surface area contributed by atoms with Crippen molar-refractivity contribution in [2.75, 3.05) is 13.2 Å². The lowest BCUT2D eigenvalue weighted by Gasteiger charge is -2.23. The molecule has 1 heterocycles. The lowest BCUT2D eigenvalue weighted by molar-refractivity contribution is -0.0482. The molecule has 0 spiro atoms. The van der Waals surface area contributed by atoms with E-state index in [1.807, 2.05) is 40.7 Å². The van der Waals surface area contributed by atoms with Crippen LogP contribution in [-0.4, -0.2) is 39.7 Å². The molecule has 2 N–H and O–H groups in total. The molecule has 1 aromatic heterocycles. The molecule has 2 unspecified atom stereocenters. The first-order valence-electron chi connectivity index (χ1n) is 8.52. The summed E-state index contributed by atoms with van der Waals surface area (Å²) >= 11 is 0. The lowest BCUT2D eigenvalue weighted by Crippen LogP contribution is -2.34. The van der Waals surface area contributed by atoms with Gasteiger partial charge in [0.05, 0.1) is 24.5 Å². The van der Waals surface area contributed by atoms with E-state index in [0.29, 0.717) is 12.2 Å². The van der Waals surface area contributed by atoms with Gasteiger partial charge in [0.15, 0.2) is 0 Å². The molecule has 0 aliphatic rings. The molecule has 138 valence electrons. The van der Waals surface area contributed by atoms with E-state index in [-0.39, 0.29) is 24.1 Å². The van der Waals surface area contributed by atoms with Crippen LogP contribution in [0.5, 0.6) is 0 Å². The quantitative estimate of drug-likeness (QED) is 0.806. The van der Waals surface area contributed by atoms with E-state index < -0.39 is 6.10 Å². The molecule has 5 nitrogen and oxygen atoms in total. The van der Waals surface area contributed by atoms with Gasteiger partial charge in [0, 0.05) is 18.8 Å². The van der Waals surface area contributed by atoms with Crippen LogP contribution in [0.25, 0.3) is 5.69 Å². The first-order chi connectivity index (χ1) is 11.7. The van der Waals surface area contributed by atoms with Crippen molar-refractivity contribution in [2.45, 2.75) is 52.4 Å². The number of hydrogen-bond donors (Lipinski definition) is 2. The molecule has 1 aromatic carbocycles. The maximum absolute atomic E-state index is 14.4. The van der Waals surface area contributed by atoms with Gasteiger partial charge in [-0.2, -0.15) is 5.10 Å². The van der Waals surface area contributed by atoms with E-state index in [4.69, 9.17) is 4.74 Å². The summed E-state index contributed by atoms with van der Waals surface area (Å²) in [5.74, 6) is -0.328. The van der Waals surface area contributed by atoms with Crippen LogP contribution in [0, 0.1) is 12.7 Å². The average molecular weight is 349 g/mol. The van der Waals surface area contributed by atoms with Gasteiger partial charge < -0.3 is 15.2 Å². The fraction of sp³-hybridized carbons (Fsp3) is 0.526. The second-order valence-corrected chi connectivity index (χ2v) is 7.38. The number of aromatic nitrogens is 2. The van der Waals surface area contributed by atoms with Crippen molar-refractivity contribution in [3.8, 4) is 5.69 Å². The molecular weight excluding hydrogens is 321 g/mol. The van der Waals surface area contributed by atoms with E-state index in [1.54, 1.807) is 18.5 Å². The molecule has 0 bridgehead atoms. The number of ether oxygens (including phenoxy) is 1. The van der Waals surface area contributed by atoms with Gasteiger partial charge in [-0.05, 0) is 57.9 Å². The Morgan fingerprint density at radius 1 is 1.36 bits per heavy atom. The van der Waals surface area contributed by atoms with Gasteiger partial charge in [0.1, 0.15) is 11.5 Å². The van der Waals surface area contributed by atoms with Crippen LogP contribution in [-0.2, 0) is 4.74 Å². The monoisotopic (exact) mass is 349 g/mol. The van der Waals surface area contributed by atoms with Gasteiger partial charge in [-0.3, -0.25) is 0 Å². The van der Waals surface area contributed by atoms with Gasteiger partial charge in [0.25, 0.3) is 0 Å². The predicted molar refractivity (Wildman–Crippen MR) is 96.4 cm³/mol. The highest BCUT2D eigenvalue weighted by atomic mass is 19.1. The van der Waals surface area contributed by atoms with E-state index in [0.717, 1.165) is 11.1 Å². The number of aliphatic hydroxyl groups excluding tert-OH is 1. The Labute approximate surface area is 148 Å². The average Bonchev–Trinajstić information content (AvgIpc) is 2.96. The maximum Gasteiger partial charge on any atom is 0.149 e. The molecule has 2 aromatic rings. The number of nitrogens with zero attached hydrogens (tertiary/aromatic N) is 2. The number of benzene rings is 1. The summed E-state index contributed by atoms with van der Waals surface area (Å²) in [6, 6.07) is 4.99. The van der Waals surface area contributed by atoms with Crippen molar-refractivity contribution in [2.24, 2.45) is 0 Å². The van der Waals surface area contributed by atoms with Crippen LogP contribution in [0.15, 0.2) is 30.6 Å². The zero-order valence-corrected chi connectivity index (χ0v) is 15.6. The molecule has 25 heavy (non-hydrogen) atoms. The van der Waals surface area contributed by atoms with Crippen LogP contribution in [0.2, 0.25) is 0 Å². The van der Waals surface area contributed by atoms with Gasteiger partial charge in [-0.25, -0.2) is 9.07 Å². The van der Waals surface area contributed by atoms with Crippen molar-refractivity contribution in [3.05, 3.63) is 47.5 Å². The number of nitrogens with one attached hydrogen (secondary N) is 1. The minimum Gasteiger partial charge on any atom is -0.389 e. The maximum atomic E-state index is 14.4. The number of halogens is 1. The summed E-state index contributed by atoms with van der Waals surface area (Å²) in [6.07, 6.45) is 2.86. The second-order valence-electron chi connectivity index (χ2n) is 7.38. The number of aryl methyl sites for hydroxylation is 1. The Morgan fingerprint density at radius 2 is 2.08 bits per heavy atom. The summed E-state index contributed by atoms with van der Waals surface area (Å²) in [6.45, 7) is 10.3. The SMILES string of the molecule is Cc1cnn(-c2ccc(C(C)NCC(O)COC(C)(C)C)cc2F)c1. The standard InChI is InChI=1S/C19H28FN3O2/c1-13-9-22-23(11-13)18-7-6-15(8-17(18)20)14(2)21-10-16(24)12-25-19(3,4)5/h6-9,11,14,16,21,24H,10,12H2,1-5H3. The highest BCUT2D eigenvalue weighted by molar-refractivity contribution is 5.37. The number of hydrogen-bond acceptors (Lipinski definition) is 4. The lowest BCUT2D eigenvalue weighted by atomic mass is 10.1. The minimum absolute atomic E-state index is 0.0906. The predicted octanol–water partition coefficient (Wildman–Crippen LogP) is 3.15. The van der Waals surface area contributed by atoms with E-state index >= 15 is 0 Å². The van der Waals surface area contributed by atoms with Crippen LogP contribution in [0.1, 0.15) is 44.9 Å². The third-order valence-corrected chi connectivity index (χ3v) is 3.80. The van der Waals surface area contributed by atoms with Crippen LogP contribution in [0.4, 0.5) is 4.39 Å². The molecule has 0 saturated heterocycles. The van der Waals surface area contributed by atoms with Crippen LogP contribution < -0.4 is 5.32 Å². The van der Waals surface area contributed by atoms with Crippen molar-refractivity contribution < 1.29 is 14.2 Å². The van der Waals surface area contributed by atoms with Gasteiger partial charge >= 0.3 is 0 Å². The Kier molecular flexibility index (Phi) is 6.32. The van der Waals surface area contributed by atoms with Gasteiger partial charge in [0.2, 0.25) is 0 Å². The van der Waals surface area contributed by atoms with Gasteiger partial charge in [-0.15, -0.1) is 0 Å². The zero-order chi connectivity index (χ0) is 18.6. The zero-order valence-electron chi connectivity index (χ0n) is 15.6. The number of rotatable bonds is 7. The molecule has 6 heteroatoms. The Hall–Kier alpha value is -1.76. The minimum atomic E-state index is -0.613. The first-order valence-corrected chi connectivity index (χ1v) is 8.52. The molecule has 0 aliphatic heterocycles. The van der Waals surface area contributed by atoms with Crippen molar-refractivity contribution in [3.63, 3.8) is 0 Å². The second kappa shape index (κ2) is 8.08. The third kappa shape index (κ3) is 5.92. The van der Waals surface area contributed by atoms with Crippen molar-refractivity contribution in [1.29, 1.82) is 0 Å². The van der Waals surface area contributed by atoms with Crippen LogP contribution >= 0.6 is 0 Å². The molecular formula is C19H28FN3O2. The molecule has 0 aliphatic carbocycles. The summed E-state index contributed by atoms with van der Waals surface area (Å²) < 4.78 is 21.5. The largest absolute Gasteiger partial charge is 0.389 e. The molecule has 2 atom stereocenters. The summed E-state index contributed by atoms with van der Waals surface area (Å²) in [7, 11) is 0. The van der Waals surface area contributed by atoms with E-state index in [9.17, 15) is 9.50 Å². The summed E-state index contributed by atoms with van der Waals surface area (Å²) in [5, 5.41) is 17.3. The van der Waals surface area contributed by atoms with E-state index in [1.165, 1.54) is 10.7 Å². The topological polar surface area (TPSA) is 59.3 Å². The Bertz CT molecular complexity index is 694. The summed E-state index contributed by atoms with van der Waals surface area (Å²) in [5.41, 5.74) is 1.93. The van der Waals surface area contributed by atoms with Crippen molar-refractivity contribution >= 4 is 0 Å². The van der Waals surface area contributed by atoms with Gasteiger partial charge in [-0.1, -0.05) is 6.07 Å².